The summed E-state index contributed by atoms with van der Waals surface area (Å²) in [5.41, 5.74) is -4.46. The van der Waals surface area contributed by atoms with Crippen molar-refractivity contribution in [3.63, 3.8) is 0 Å². The Bertz CT molecular complexity index is 1100. The van der Waals surface area contributed by atoms with E-state index in [1.165, 1.54) is 13.0 Å². The van der Waals surface area contributed by atoms with Crippen LogP contribution in [0.25, 0.3) is 0 Å². The summed E-state index contributed by atoms with van der Waals surface area (Å²) in [6, 6.07) is 0. The SMILES string of the molecule is C[C@H]1O[C@@H](O[C@@H]2C[C@H](O)[C@]3(CO)[C@H]4[C@H](O)C[C@]5(C)[C@H](C6=CC(=O)OC6)CC[C@]5(O)[C@@H]4CC[C@]3(O)C2)[C@@H](O)[C@H](O)[C@H]1O.O.O.O.O.O.O.O.O. The zero-order valence-corrected chi connectivity index (χ0v) is 27.5. The number of esters is 1. The van der Waals surface area contributed by atoms with E-state index in [4.69, 9.17) is 14.2 Å². The summed E-state index contributed by atoms with van der Waals surface area (Å²) in [5.74, 6) is -1.93. The minimum Gasteiger partial charge on any atom is -0.458 e. The highest BCUT2D eigenvalue weighted by atomic mass is 16.7. The van der Waals surface area contributed by atoms with Crippen LogP contribution in [-0.4, -0.2) is 164 Å². The molecule has 15 atom stereocenters. The van der Waals surface area contributed by atoms with Gasteiger partial charge in [-0.3, -0.25) is 0 Å². The van der Waals surface area contributed by atoms with Gasteiger partial charge >= 0.3 is 5.97 Å². The number of fused-ring (bicyclic) bond motifs is 5. The van der Waals surface area contributed by atoms with Crippen molar-refractivity contribution in [1.29, 1.82) is 0 Å². The molecule has 0 aromatic heterocycles. The van der Waals surface area contributed by atoms with E-state index in [0.717, 1.165) is 5.57 Å². The van der Waals surface area contributed by atoms with Gasteiger partial charge in [-0.2, -0.15) is 0 Å². The largest absolute Gasteiger partial charge is 0.458 e. The fraction of sp³-hybridized carbons (Fsp3) is 0.897. The summed E-state index contributed by atoms with van der Waals surface area (Å²) in [4.78, 5) is 11.8. The van der Waals surface area contributed by atoms with Crippen LogP contribution in [0.2, 0.25) is 0 Å². The van der Waals surface area contributed by atoms with Crippen LogP contribution in [0.5, 0.6) is 0 Å². The van der Waals surface area contributed by atoms with Crippen LogP contribution in [0.15, 0.2) is 11.6 Å². The molecule has 0 aromatic carbocycles. The Morgan fingerprint density at radius 1 is 0.878 bits per heavy atom. The van der Waals surface area contributed by atoms with Gasteiger partial charge in [0.1, 0.15) is 24.9 Å². The van der Waals surface area contributed by atoms with Crippen LogP contribution < -0.4 is 0 Å². The number of rotatable bonds is 4. The van der Waals surface area contributed by atoms with Crippen molar-refractivity contribution >= 4 is 5.97 Å². The van der Waals surface area contributed by atoms with Crippen LogP contribution in [-0.2, 0) is 19.0 Å². The van der Waals surface area contributed by atoms with Crippen LogP contribution in [0, 0.1) is 28.6 Å². The molecule has 2 heterocycles. The minimum absolute atomic E-state index is 0. The first-order valence-electron chi connectivity index (χ1n) is 14.9. The van der Waals surface area contributed by atoms with E-state index in [2.05, 4.69) is 0 Å². The maximum Gasteiger partial charge on any atom is 0.331 e. The molecular weight excluding hydrogens is 668 g/mol. The third kappa shape index (κ3) is 7.02. The monoisotopic (exact) mass is 728 g/mol. The highest BCUT2D eigenvalue weighted by molar-refractivity contribution is 5.85. The normalized spacial score (nSPS) is 47.6. The first kappa shape index (κ1) is 51.9. The lowest BCUT2D eigenvalue weighted by Crippen LogP contribution is -2.76. The highest BCUT2D eigenvalue weighted by Crippen LogP contribution is 2.70. The van der Waals surface area contributed by atoms with E-state index in [1.54, 1.807) is 0 Å². The molecule has 0 aromatic rings. The fourth-order valence-electron chi connectivity index (χ4n) is 10.1. The number of aliphatic hydroxyl groups is 8. The van der Waals surface area contributed by atoms with Crippen molar-refractivity contribution in [2.45, 2.75) is 119 Å². The number of cyclic esters (lactones) is 1. The van der Waals surface area contributed by atoms with Gasteiger partial charge in [0.15, 0.2) is 6.29 Å². The van der Waals surface area contributed by atoms with Gasteiger partial charge in [0, 0.05) is 30.3 Å². The maximum absolute atomic E-state index is 12.4. The summed E-state index contributed by atoms with van der Waals surface area (Å²) in [6.45, 7) is 3.00. The summed E-state index contributed by atoms with van der Waals surface area (Å²) < 4.78 is 16.7. The number of carbonyl (C=O) groups is 1. The predicted octanol–water partition coefficient (Wildman–Crippen LogP) is -8.11. The number of aliphatic hydroxyl groups excluding tert-OH is 6. The van der Waals surface area contributed by atoms with Crippen molar-refractivity contribution in [2.24, 2.45) is 28.6 Å². The molecule has 0 bridgehead atoms. The van der Waals surface area contributed by atoms with Gasteiger partial charge in [-0.15, -0.1) is 0 Å². The van der Waals surface area contributed by atoms with Crippen molar-refractivity contribution in [2.75, 3.05) is 13.2 Å². The van der Waals surface area contributed by atoms with Crippen LogP contribution in [0.1, 0.15) is 58.8 Å². The summed E-state index contributed by atoms with van der Waals surface area (Å²) in [5, 5.41) is 89.6. The molecule has 20 nitrogen and oxygen atoms in total. The third-order valence-corrected chi connectivity index (χ3v) is 12.2. The maximum atomic E-state index is 12.4. The molecule has 24 N–H and O–H groups in total. The second-order valence-electron chi connectivity index (χ2n) is 13.8. The van der Waals surface area contributed by atoms with Crippen LogP contribution in [0.4, 0.5) is 0 Å². The molecule has 20 heteroatoms. The van der Waals surface area contributed by atoms with E-state index in [9.17, 15) is 45.6 Å². The second kappa shape index (κ2) is 17.3. The van der Waals surface area contributed by atoms with E-state index in [0.29, 0.717) is 19.3 Å². The van der Waals surface area contributed by atoms with Crippen molar-refractivity contribution in [1.82, 2.24) is 0 Å². The van der Waals surface area contributed by atoms with E-state index in [1.807, 2.05) is 6.92 Å². The second-order valence-corrected chi connectivity index (χ2v) is 13.8. The van der Waals surface area contributed by atoms with Gasteiger partial charge in [-0.25, -0.2) is 4.79 Å². The van der Waals surface area contributed by atoms with Gasteiger partial charge in [0.2, 0.25) is 0 Å². The Morgan fingerprint density at radius 2 is 1.49 bits per heavy atom. The molecule has 0 spiro atoms. The lowest BCUT2D eigenvalue weighted by molar-refractivity contribution is -0.342. The molecular formula is C29H60O20. The zero-order valence-electron chi connectivity index (χ0n) is 27.5. The first-order valence-corrected chi connectivity index (χ1v) is 14.9. The Labute approximate surface area is 282 Å². The van der Waals surface area contributed by atoms with Crippen molar-refractivity contribution < 1.29 is 104 Å². The molecule has 6 rings (SSSR count). The first-order chi connectivity index (χ1) is 19.2. The minimum atomic E-state index is -1.67. The molecule has 49 heavy (non-hydrogen) atoms. The van der Waals surface area contributed by atoms with Gasteiger partial charge in [-0.05, 0) is 56.4 Å². The number of hydrogen-bond acceptors (Lipinski definition) is 12. The van der Waals surface area contributed by atoms with Gasteiger partial charge in [-0.1, -0.05) is 6.92 Å². The van der Waals surface area contributed by atoms with Crippen LogP contribution >= 0.6 is 0 Å². The van der Waals surface area contributed by atoms with Crippen LogP contribution in [0.3, 0.4) is 0 Å². The Kier molecular flexibility index (Phi) is 18.3. The zero-order chi connectivity index (χ0) is 29.7. The molecule has 6 aliphatic rings. The van der Waals surface area contributed by atoms with Gasteiger partial charge in [0.05, 0.1) is 47.6 Å². The topological polar surface area (TPSA) is 459 Å². The smallest absolute Gasteiger partial charge is 0.331 e. The molecule has 4 saturated carbocycles. The lowest BCUT2D eigenvalue weighted by Gasteiger charge is -2.68. The van der Waals surface area contributed by atoms with Crippen molar-refractivity contribution in [3.05, 3.63) is 11.6 Å². The summed E-state index contributed by atoms with van der Waals surface area (Å²) in [7, 11) is 0. The molecule has 296 valence electrons. The Hall–Kier alpha value is -1.51. The molecule has 2 aliphatic heterocycles. The Morgan fingerprint density at radius 3 is 2.04 bits per heavy atom. The lowest BCUT2D eigenvalue weighted by atomic mass is 9.40. The van der Waals surface area contributed by atoms with Gasteiger partial charge in [0.25, 0.3) is 0 Å². The molecule has 0 unspecified atom stereocenters. The summed E-state index contributed by atoms with van der Waals surface area (Å²) in [6.07, 6.45) is -6.68. The average molecular weight is 729 g/mol. The molecule has 5 fully saturated rings. The predicted molar refractivity (Wildman–Crippen MR) is 168 cm³/mol. The highest BCUT2D eigenvalue weighted by Gasteiger charge is 2.75. The molecule has 4 aliphatic carbocycles. The quantitative estimate of drug-likeness (QED) is 0.0988. The summed E-state index contributed by atoms with van der Waals surface area (Å²) >= 11 is 0. The van der Waals surface area contributed by atoms with E-state index in [-0.39, 0.29) is 82.0 Å². The van der Waals surface area contributed by atoms with E-state index < -0.39 is 95.5 Å². The molecule has 1 saturated heterocycles. The number of ether oxygens (including phenoxy) is 3. The standard InChI is InChI=1S/C29H44O12.8H2O/c1-13-22(34)23(35)24(36)25(40-13)41-15-8-19(32)28(12-30)21-17(3-5-27(28,37)9-15)29(38)6-4-16(14-7-20(33)39-11-14)26(29,2)10-18(21)31;;;;;;;;/h7,13,15-19,21-25,30-32,34-38H,3-6,8-12H2,1-2H3;8*1H2/t13-,15-,16+,17-,18-,19+,21-,22+,23-,24+,25+,26-,27+,28-,29+;;;;;;;;/m1......../s1. The van der Waals surface area contributed by atoms with E-state index >= 15 is 0 Å². The van der Waals surface area contributed by atoms with Crippen molar-refractivity contribution in [3.8, 4) is 0 Å². The molecule has 0 amide bonds. The average Bonchev–Trinajstić information content (AvgIpc) is 3.45. The van der Waals surface area contributed by atoms with Gasteiger partial charge < -0.3 is 98.9 Å². The number of hydrogen-bond donors (Lipinski definition) is 8. The number of carbonyl (C=O) groups excluding carboxylic acids is 1. The fourth-order valence-corrected chi connectivity index (χ4v) is 10.1. The third-order valence-electron chi connectivity index (χ3n) is 12.2. The molecule has 0 radical (unpaired) electrons. The Balaban J connectivity index is -0.00000264.